The Hall–Kier alpha value is -2.69. The van der Waals surface area contributed by atoms with E-state index in [2.05, 4.69) is 55.5 Å². The number of allylic oxidation sites excluding steroid dienone is 2. The molecule has 2 unspecified atom stereocenters. The lowest BCUT2D eigenvalue weighted by Crippen LogP contribution is -2.36. The van der Waals surface area contributed by atoms with Gasteiger partial charge in [0.1, 0.15) is 5.25 Å². The predicted molar refractivity (Wildman–Crippen MR) is 123 cm³/mol. The third kappa shape index (κ3) is 3.21. The smallest absolute Gasteiger partial charge is 0.269 e. The highest BCUT2D eigenvalue weighted by molar-refractivity contribution is 7.86. The summed E-state index contributed by atoms with van der Waals surface area (Å²) in [5.74, 6) is -0.385. The van der Waals surface area contributed by atoms with Crippen LogP contribution in [0, 0.1) is 0 Å². The van der Waals surface area contributed by atoms with Gasteiger partial charge in [0.2, 0.25) is 0 Å². The van der Waals surface area contributed by atoms with Crippen molar-refractivity contribution in [3.05, 3.63) is 93.4 Å². The fourth-order valence-electron chi connectivity index (χ4n) is 4.90. The lowest BCUT2D eigenvalue weighted by atomic mass is 9.83. The van der Waals surface area contributed by atoms with Gasteiger partial charge < -0.3 is 0 Å². The van der Waals surface area contributed by atoms with E-state index >= 15 is 0 Å². The van der Waals surface area contributed by atoms with Crippen molar-refractivity contribution in [1.29, 1.82) is 0 Å². The van der Waals surface area contributed by atoms with Gasteiger partial charge in [-0.05, 0) is 62.7 Å². The van der Waals surface area contributed by atoms with Crippen LogP contribution in [0.5, 0.6) is 0 Å². The van der Waals surface area contributed by atoms with Crippen LogP contribution in [0.1, 0.15) is 35.1 Å². The number of hydrogen-bond acceptors (Lipinski definition) is 2. The topological polar surface area (TPSA) is 54.4 Å². The molecule has 0 amide bonds. The van der Waals surface area contributed by atoms with Crippen molar-refractivity contribution in [1.82, 2.24) is 0 Å². The Balaban J connectivity index is 1.79. The minimum Gasteiger partial charge on any atom is -0.285 e. The van der Waals surface area contributed by atoms with Gasteiger partial charge in [-0.2, -0.15) is 8.42 Å². The van der Waals surface area contributed by atoms with Gasteiger partial charge in [-0.25, -0.2) is 0 Å². The van der Waals surface area contributed by atoms with Gasteiger partial charge in [-0.15, -0.1) is 0 Å². The van der Waals surface area contributed by atoms with Crippen LogP contribution in [0.25, 0.3) is 22.9 Å². The van der Waals surface area contributed by atoms with Crippen LogP contribution in [-0.2, 0) is 29.4 Å². The van der Waals surface area contributed by atoms with Gasteiger partial charge in [0.15, 0.2) is 0 Å². The van der Waals surface area contributed by atoms with E-state index in [4.69, 9.17) is 0 Å². The molecule has 2 aliphatic rings. The van der Waals surface area contributed by atoms with Crippen LogP contribution >= 0.6 is 0 Å². The third-order valence-corrected chi connectivity index (χ3v) is 7.72. The maximum atomic E-state index is 12.3. The number of benzene rings is 3. The first-order valence-electron chi connectivity index (χ1n) is 10.4. The average molecular weight is 417 g/mol. The number of rotatable bonds is 3. The highest BCUT2D eigenvalue weighted by atomic mass is 32.2. The first-order valence-corrected chi connectivity index (χ1v) is 11.9. The fraction of sp³-hybridized carbons (Fsp3) is 0.231. The SMILES string of the molecule is CCc1cccc(C2C=c3c(ccc4c5c(ccc34)CC=CC=5)CC2S(=O)(=O)O)c1. The Morgan fingerprint density at radius 1 is 1.00 bits per heavy atom. The molecule has 0 saturated carbocycles. The first-order chi connectivity index (χ1) is 14.5. The maximum Gasteiger partial charge on any atom is 0.269 e. The molecule has 30 heavy (non-hydrogen) atoms. The summed E-state index contributed by atoms with van der Waals surface area (Å²) >= 11 is 0. The molecule has 152 valence electrons. The molecule has 0 heterocycles. The standard InChI is InChI=1S/C26H24O3S/c1-2-17-6-5-8-19(14-17)25-16-24-20(15-26(25)30(27,28)29)11-13-22-21-9-4-3-7-18(21)10-12-23(22)24/h3-6,8-14,16,25-26H,2,7,15H2,1H3,(H,27,28,29). The molecule has 0 spiro atoms. The second-order valence-corrected chi connectivity index (χ2v) is 9.85. The van der Waals surface area contributed by atoms with E-state index in [0.717, 1.165) is 40.1 Å². The minimum absolute atomic E-state index is 0.308. The Morgan fingerprint density at radius 3 is 2.53 bits per heavy atom. The van der Waals surface area contributed by atoms with Crippen LogP contribution < -0.4 is 10.4 Å². The summed E-state index contributed by atoms with van der Waals surface area (Å²) < 4.78 is 34.7. The average Bonchev–Trinajstić information content (AvgIpc) is 2.77. The van der Waals surface area contributed by atoms with Crippen molar-refractivity contribution in [3.63, 3.8) is 0 Å². The van der Waals surface area contributed by atoms with E-state index in [1.165, 1.54) is 16.2 Å². The molecular weight excluding hydrogens is 392 g/mol. The minimum atomic E-state index is -4.20. The van der Waals surface area contributed by atoms with Gasteiger partial charge in [0.25, 0.3) is 10.1 Å². The second kappa shape index (κ2) is 7.22. The number of fused-ring (bicyclic) bond motifs is 5. The van der Waals surface area contributed by atoms with E-state index in [1.807, 2.05) is 24.3 Å². The van der Waals surface area contributed by atoms with Crippen LogP contribution in [0.3, 0.4) is 0 Å². The van der Waals surface area contributed by atoms with Crippen molar-refractivity contribution < 1.29 is 13.0 Å². The van der Waals surface area contributed by atoms with E-state index in [9.17, 15) is 13.0 Å². The zero-order chi connectivity index (χ0) is 20.9. The van der Waals surface area contributed by atoms with Crippen LogP contribution in [0.15, 0.2) is 60.7 Å². The summed E-state index contributed by atoms with van der Waals surface area (Å²) in [6, 6.07) is 16.5. The van der Waals surface area contributed by atoms with Crippen molar-refractivity contribution in [2.45, 2.75) is 37.4 Å². The summed E-state index contributed by atoms with van der Waals surface area (Å²) in [6.45, 7) is 2.08. The number of aryl methyl sites for hydroxylation is 1. The molecule has 3 aromatic carbocycles. The first kappa shape index (κ1) is 19.3. The molecule has 2 atom stereocenters. The predicted octanol–water partition coefficient (Wildman–Crippen LogP) is 3.67. The van der Waals surface area contributed by atoms with Crippen molar-refractivity contribution in [3.8, 4) is 0 Å². The van der Waals surface area contributed by atoms with Crippen molar-refractivity contribution in [2.75, 3.05) is 0 Å². The lowest BCUT2D eigenvalue weighted by molar-refractivity contribution is 0.459. The van der Waals surface area contributed by atoms with E-state index in [-0.39, 0.29) is 5.92 Å². The second-order valence-electron chi connectivity index (χ2n) is 8.22. The van der Waals surface area contributed by atoms with Gasteiger partial charge in [0, 0.05) is 5.92 Å². The van der Waals surface area contributed by atoms with E-state index in [1.54, 1.807) is 0 Å². The van der Waals surface area contributed by atoms with Gasteiger partial charge >= 0.3 is 0 Å². The highest BCUT2D eigenvalue weighted by Crippen LogP contribution is 2.32. The highest BCUT2D eigenvalue weighted by Gasteiger charge is 2.35. The Kier molecular flexibility index (Phi) is 4.64. The molecule has 3 nitrogen and oxygen atoms in total. The van der Waals surface area contributed by atoms with Gasteiger partial charge in [0.05, 0.1) is 0 Å². The Morgan fingerprint density at radius 2 is 1.77 bits per heavy atom. The molecule has 2 aliphatic carbocycles. The molecule has 0 aliphatic heterocycles. The van der Waals surface area contributed by atoms with Crippen LogP contribution in [0.2, 0.25) is 0 Å². The van der Waals surface area contributed by atoms with E-state index < -0.39 is 15.4 Å². The summed E-state index contributed by atoms with van der Waals surface area (Å²) in [5, 5.41) is 3.79. The molecule has 3 aromatic rings. The normalized spacial score (nSPS) is 20.2. The monoisotopic (exact) mass is 416 g/mol. The molecule has 1 N–H and O–H groups in total. The zero-order valence-corrected chi connectivity index (χ0v) is 17.7. The van der Waals surface area contributed by atoms with Crippen molar-refractivity contribution >= 4 is 33.0 Å². The van der Waals surface area contributed by atoms with Crippen LogP contribution in [-0.4, -0.2) is 18.2 Å². The summed E-state index contributed by atoms with van der Waals surface area (Å²) in [5.41, 5.74) is 4.38. The fourth-order valence-corrected chi connectivity index (χ4v) is 5.90. The zero-order valence-electron chi connectivity index (χ0n) is 16.9. The molecule has 0 aromatic heterocycles. The molecule has 5 rings (SSSR count). The maximum absolute atomic E-state index is 12.3. The summed E-state index contributed by atoms with van der Waals surface area (Å²) in [7, 11) is -4.20. The largest absolute Gasteiger partial charge is 0.285 e. The van der Waals surface area contributed by atoms with Crippen molar-refractivity contribution in [2.24, 2.45) is 0 Å². The summed E-state index contributed by atoms with van der Waals surface area (Å²) in [4.78, 5) is 0. The molecule has 0 fully saturated rings. The third-order valence-electron chi connectivity index (χ3n) is 6.50. The molecule has 0 radical (unpaired) electrons. The Bertz CT molecular complexity index is 1410. The molecule has 0 bridgehead atoms. The van der Waals surface area contributed by atoms with Crippen LogP contribution in [0.4, 0.5) is 0 Å². The van der Waals surface area contributed by atoms with Gasteiger partial charge in [-0.3, -0.25) is 4.55 Å². The summed E-state index contributed by atoms with van der Waals surface area (Å²) in [6.07, 6.45) is 10.6. The van der Waals surface area contributed by atoms with E-state index in [0.29, 0.717) is 6.42 Å². The lowest BCUT2D eigenvalue weighted by Gasteiger charge is -2.28. The van der Waals surface area contributed by atoms with Gasteiger partial charge in [-0.1, -0.05) is 79.8 Å². The number of hydrogen-bond donors (Lipinski definition) is 1. The quantitative estimate of drug-likeness (QED) is 0.663. The Labute approximate surface area is 176 Å². The molecule has 4 heteroatoms. The molecule has 0 saturated heterocycles. The molecular formula is C26H24O3S.